The normalized spacial score (nSPS) is 12.5. The van der Waals surface area contributed by atoms with Crippen LogP contribution in [-0.4, -0.2) is 4.98 Å². The lowest BCUT2D eigenvalue weighted by Gasteiger charge is -2.14. The molecular weight excluding hydrogens is 307 g/mol. The van der Waals surface area contributed by atoms with Crippen LogP contribution in [0.4, 0.5) is 4.39 Å². The quantitative estimate of drug-likeness (QED) is 0.918. The number of aromatic nitrogens is 1. The zero-order valence-corrected chi connectivity index (χ0v) is 11.0. The van der Waals surface area contributed by atoms with Crippen molar-refractivity contribution in [3.05, 3.63) is 63.1 Å². The average molecular weight is 316 g/mol. The van der Waals surface area contributed by atoms with Gasteiger partial charge in [-0.3, -0.25) is 4.98 Å². The van der Waals surface area contributed by atoms with Crippen molar-refractivity contribution < 1.29 is 4.39 Å². The second-order valence-corrected chi connectivity index (χ2v) is 4.79. The molecule has 1 unspecified atom stereocenters. The van der Waals surface area contributed by atoms with E-state index in [-0.39, 0.29) is 0 Å². The summed E-state index contributed by atoms with van der Waals surface area (Å²) in [7, 11) is 0. The van der Waals surface area contributed by atoms with E-state index in [0.717, 1.165) is 16.2 Å². The molecule has 1 atom stereocenters. The van der Waals surface area contributed by atoms with Crippen molar-refractivity contribution in [2.45, 2.75) is 6.04 Å². The van der Waals surface area contributed by atoms with Gasteiger partial charge in [0.25, 0.3) is 0 Å². The molecule has 0 saturated heterocycles. The van der Waals surface area contributed by atoms with Crippen molar-refractivity contribution in [3.8, 4) is 0 Å². The van der Waals surface area contributed by atoms with Crippen molar-refractivity contribution in [1.82, 2.24) is 4.98 Å². The maximum Gasteiger partial charge on any atom is 0.141 e. The van der Waals surface area contributed by atoms with E-state index in [1.54, 1.807) is 0 Å². The fourth-order valence-electron chi connectivity index (χ4n) is 1.54. The average Bonchev–Trinajstić information content (AvgIpc) is 2.32. The Morgan fingerprint density at radius 1 is 1.35 bits per heavy atom. The van der Waals surface area contributed by atoms with Crippen LogP contribution in [0.15, 0.2) is 41.1 Å². The van der Waals surface area contributed by atoms with E-state index in [9.17, 15) is 4.39 Å². The second kappa shape index (κ2) is 5.12. The van der Waals surface area contributed by atoms with Gasteiger partial charge in [-0.15, -0.1) is 0 Å². The van der Waals surface area contributed by atoms with Gasteiger partial charge in [0.1, 0.15) is 5.82 Å². The van der Waals surface area contributed by atoms with Gasteiger partial charge in [0.2, 0.25) is 0 Å². The lowest BCUT2D eigenvalue weighted by molar-refractivity contribution is 0.616. The minimum atomic E-state index is -0.497. The molecular formula is C12H9BrClFN2. The Kier molecular flexibility index (Phi) is 3.76. The van der Waals surface area contributed by atoms with Gasteiger partial charge in [-0.2, -0.15) is 0 Å². The Labute approximate surface area is 112 Å². The van der Waals surface area contributed by atoms with Crippen LogP contribution in [0.25, 0.3) is 0 Å². The highest BCUT2D eigenvalue weighted by Crippen LogP contribution is 2.31. The Balaban J connectivity index is 2.44. The third-order valence-electron chi connectivity index (χ3n) is 2.40. The van der Waals surface area contributed by atoms with Gasteiger partial charge < -0.3 is 5.73 Å². The smallest absolute Gasteiger partial charge is 0.141 e. The number of benzene rings is 1. The first kappa shape index (κ1) is 12.5. The number of hydrogen-bond donors (Lipinski definition) is 1. The van der Waals surface area contributed by atoms with E-state index in [4.69, 9.17) is 17.3 Å². The number of halogens is 3. The number of hydrogen-bond acceptors (Lipinski definition) is 2. The molecule has 2 rings (SSSR count). The number of nitrogens with two attached hydrogens (primary N) is 1. The Hall–Kier alpha value is -0.970. The molecule has 5 heteroatoms. The molecule has 0 spiro atoms. The SMILES string of the molecule is NC(c1cncc(F)c1)c1cccc(Br)c1Cl. The van der Waals surface area contributed by atoms with Gasteiger partial charge in [-0.05, 0) is 39.2 Å². The van der Waals surface area contributed by atoms with E-state index in [0.29, 0.717) is 10.6 Å². The summed E-state index contributed by atoms with van der Waals surface area (Å²) < 4.78 is 13.8. The molecule has 0 aliphatic rings. The van der Waals surface area contributed by atoms with Crippen LogP contribution in [0, 0.1) is 5.82 Å². The molecule has 1 aromatic heterocycles. The van der Waals surface area contributed by atoms with Crippen molar-refractivity contribution in [1.29, 1.82) is 0 Å². The van der Waals surface area contributed by atoms with Crippen LogP contribution in [0.3, 0.4) is 0 Å². The summed E-state index contributed by atoms with van der Waals surface area (Å²) in [6.07, 6.45) is 2.67. The third kappa shape index (κ3) is 2.65. The van der Waals surface area contributed by atoms with Crippen molar-refractivity contribution in [3.63, 3.8) is 0 Å². The minimum absolute atomic E-state index is 0.413. The Morgan fingerprint density at radius 3 is 2.82 bits per heavy atom. The largest absolute Gasteiger partial charge is 0.320 e. The van der Waals surface area contributed by atoms with E-state index < -0.39 is 11.9 Å². The van der Waals surface area contributed by atoms with E-state index >= 15 is 0 Å². The molecule has 0 amide bonds. The van der Waals surface area contributed by atoms with Crippen LogP contribution in [0.1, 0.15) is 17.2 Å². The summed E-state index contributed by atoms with van der Waals surface area (Å²) in [5.74, 6) is -0.413. The maximum atomic E-state index is 13.1. The summed E-state index contributed by atoms with van der Waals surface area (Å²) in [4.78, 5) is 3.77. The molecule has 17 heavy (non-hydrogen) atoms. The van der Waals surface area contributed by atoms with Crippen LogP contribution in [0.5, 0.6) is 0 Å². The minimum Gasteiger partial charge on any atom is -0.320 e. The molecule has 2 nitrogen and oxygen atoms in total. The highest BCUT2D eigenvalue weighted by atomic mass is 79.9. The Bertz CT molecular complexity index is 548. The number of pyridine rings is 1. The number of nitrogens with zero attached hydrogens (tertiary/aromatic N) is 1. The van der Waals surface area contributed by atoms with Crippen molar-refractivity contribution in [2.24, 2.45) is 5.73 Å². The molecule has 1 aromatic carbocycles. The van der Waals surface area contributed by atoms with Gasteiger partial charge in [0.05, 0.1) is 17.3 Å². The van der Waals surface area contributed by atoms with E-state index in [1.165, 1.54) is 12.3 Å². The molecule has 0 bridgehead atoms. The van der Waals surface area contributed by atoms with Gasteiger partial charge >= 0.3 is 0 Å². The van der Waals surface area contributed by atoms with E-state index in [2.05, 4.69) is 20.9 Å². The monoisotopic (exact) mass is 314 g/mol. The summed E-state index contributed by atoms with van der Waals surface area (Å²) >= 11 is 9.46. The molecule has 0 radical (unpaired) electrons. The standard InChI is InChI=1S/C12H9BrClFN2/c13-10-3-1-2-9(11(10)14)12(16)7-4-8(15)6-17-5-7/h1-6,12H,16H2. The second-order valence-electron chi connectivity index (χ2n) is 3.56. The molecule has 88 valence electrons. The molecule has 0 saturated carbocycles. The van der Waals surface area contributed by atoms with Crippen molar-refractivity contribution in [2.75, 3.05) is 0 Å². The highest BCUT2D eigenvalue weighted by Gasteiger charge is 2.14. The first-order valence-corrected chi connectivity index (χ1v) is 6.06. The molecule has 0 aliphatic heterocycles. The fraction of sp³-hybridized carbons (Fsp3) is 0.0833. The summed E-state index contributed by atoms with van der Waals surface area (Å²) in [6, 6.07) is 6.32. The van der Waals surface area contributed by atoms with Crippen LogP contribution in [0.2, 0.25) is 5.02 Å². The fourth-order valence-corrected chi connectivity index (χ4v) is 2.16. The molecule has 1 heterocycles. The molecule has 2 N–H and O–H groups in total. The van der Waals surface area contributed by atoms with Crippen molar-refractivity contribution >= 4 is 27.5 Å². The molecule has 0 aliphatic carbocycles. The van der Waals surface area contributed by atoms with Crippen LogP contribution >= 0.6 is 27.5 Å². The van der Waals surface area contributed by atoms with Gasteiger partial charge in [0.15, 0.2) is 0 Å². The summed E-state index contributed by atoms with van der Waals surface area (Å²) in [5, 5.41) is 0.532. The first-order chi connectivity index (χ1) is 8.09. The van der Waals surface area contributed by atoms with Crippen LogP contribution < -0.4 is 5.73 Å². The zero-order valence-electron chi connectivity index (χ0n) is 8.70. The van der Waals surface area contributed by atoms with Gasteiger partial charge in [-0.1, -0.05) is 23.7 Å². The number of rotatable bonds is 2. The van der Waals surface area contributed by atoms with E-state index in [1.807, 2.05) is 18.2 Å². The topological polar surface area (TPSA) is 38.9 Å². The maximum absolute atomic E-state index is 13.1. The summed E-state index contributed by atoms with van der Waals surface area (Å²) in [5.41, 5.74) is 7.36. The lowest BCUT2D eigenvalue weighted by Crippen LogP contribution is -2.13. The third-order valence-corrected chi connectivity index (χ3v) is 3.71. The highest BCUT2D eigenvalue weighted by molar-refractivity contribution is 9.10. The first-order valence-electron chi connectivity index (χ1n) is 4.89. The lowest BCUT2D eigenvalue weighted by atomic mass is 10.0. The summed E-state index contributed by atoms with van der Waals surface area (Å²) in [6.45, 7) is 0. The van der Waals surface area contributed by atoms with Gasteiger partial charge in [0, 0.05) is 10.7 Å². The predicted octanol–water partition coefficient (Wildman–Crippen LogP) is 3.68. The zero-order chi connectivity index (χ0) is 12.4. The predicted molar refractivity (Wildman–Crippen MR) is 69.4 cm³/mol. The van der Waals surface area contributed by atoms with Gasteiger partial charge in [-0.25, -0.2) is 4.39 Å². The molecule has 0 fully saturated rings. The Morgan fingerprint density at radius 2 is 2.12 bits per heavy atom. The van der Waals surface area contributed by atoms with Crippen LogP contribution in [-0.2, 0) is 0 Å². The molecule has 2 aromatic rings.